The lowest BCUT2D eigenvalue weighted by atomic mass is 9.59. The molecule has 1 N–H and O–H groups in total. The molecule has 1 heterocycles. The van der Waals surface area contributed by atoms with Gasteiger partial charge in [0.25, 0.3) is 0 Å². The molecule has 4 rings (SSSR count). The second kappa shape index (κ2) is 6.71. The van der Waals surface area contributed by atoms with E-state index in [4.69, 9.17) is 4.74 Å². The van der Waals surface area contributed by atoms with Crippen molar-refractivity contribution in [3.63, 3.8) is 0 Å². The van der Waals surface area contributed by atoms with Crippen LogP contribution >= 0.6 is 0 Å². The Morgan fingerprint density at radius 1 is 1.23 bits per heavy atom. The first kappa shape index (κ1) is 17.6. The van der Waals surface area contributed by atoms with Crippen LogP contribution in [0.25, 0.3) is 0 Å². The summed E-state index contributed by atoms with van der Waals surface area (Å²) >= 11 is 0. The molecule has 2 aromatic carbocycles. The summed E-state index contributed by atoms with van der Waals surface area (Å²) in [5.41, 5.74) is 4.14. The smallest absolute Gasteiger partial charge is 0.115 e. The highest BCUT2D eigenvalue weighted by Gasteiger charge is 2.48. The summed E-state index contributed by atoms with van der Waals surface area (Å²) < 4.78 is 5.85. The number of phenolic OH excluding ortho intramolecular Hbond substituents is 1. The van der Waals surface area contributed by atoms with E-state index in [0.717, 1.165) is 25.9 Å². The predicted molar refractivity (Wildman–Crippen MR) is 104 cm³/mol. The fourth-order valence-electron chi connectivity index (χ4n) is 5.12. The minimum Gasteiger partial charge on any atom is -0.508 e. The minimum absolute atomic E-state index is 0.106. The molecular formula is C23H29NO2. The summed E-state index contributed by atoms with van der Waals surface area (Å²) in [5.74, 6) is 0.945. The van der Waals surface area contributed by atoms with Gasteiger partial charge in [0.05, 0.1) is 6.10 Å². The van der Waals surface area contributed by atoms with Crippen molar-refractivity contribution in [1.82, 2.24) is 4.90 Å². The van der Waals surface area contributed by atoms with E-state index in [9.17, 15) is 5.11 Å². The van der Waals surface area contributed by atoms with Gasteiger partial charge in [0.15, 0.2) is 0 Å². The first-order valence-electron chi connectivity index (χ1n) is 9.67. The number of phenols is 1. The highest BCUT2D eigenvalue weighted by atomic mass is 16.5. The summed E-state index contributed by atoms with van der Waals surface area (Å²) in [6.45, 7) is 6.77. The van der Waals surface area contributed by atoms with Crippen LogP contribution in [0, 0.1) is 5.92 Å². The summed E-state index contributed by atoms with van der Waals surface area (Å²) in [5, 5.41) is 9.99. The van der Waals surface area contributed by atoms with Crippen LogP contribution in [0.3, 0.4) is 0 Å². The van der Waals surface area contributed by atoms with Crippen LogP contribution in [0.4, 0.5) is 0 Å². The molecule has 26 heavy (non-hydrogen) atoms. The average molecular weight is 351 g/mol. The summed E-state index contributed by atoms with van der Waals surface area (Å²) in [4.78, 5) is 2.63. The summed E-state index contributed by atoms with van der Waals surface area (Å²) in [6, 6.07) is 17.0. The molecule has 0 unspecified atom stereocenters. The van der Waals surface area contributed by atoms with Crippen LogP contribution in [0.15, 0.2) is 48.5 Å². The first-order valence-corrected chi connectivity index (χ1v) is 9.67. The summed E-state index contributed by atoms with van der Waals surface area (Å²) in [6.07, 6.45) is 2.28. The van der Waals surface area contributed by atoms with Crippen LogP contribution < -0.4 is 0 Å². The van der Waals surface area contributed by atoms with E-state index in [2.05, 4.69) is 55.1 Å². The Morgan fingerprint density at radius 2 is 2.00 bits per heavy atom. The molecule has 138 valence electrons. The van der Waals surface area contributed by atoms with E-state index in [1.54, 1.807) is 0 Å². The van der Waals surface area contributed by atoms with E-state index in [0.29, 0.717) is 17.7 Å². The monoisotopic (exact) mass is 351 g/mol. The number of nitrogens with zero attached hydrogens (tertiary/aromatic N) is 1. The number of hydrogen-bond donors (Lipinski definition) is 1. The number of piperidine rings is 1. The molecule has 4 atom stereocenters. The van der Waals surface area contributed by atoms with Crippen molar-refractivity contribution in [2.24, 2.45) is 5.92 Å². The van der Waals surface area contributed by atoms with Gasteiger partial charge in [0.2, 0.25) is 0 Å². The van der Waals surface area contributed by atoms with Crippen LogP contribution in [0.1, 0.15) is 43.1 Å². The zero-order valence-electron chi connectivity index (χ0n) is 16.0. The van der Waals surface area contributed by atoms with Crippen LogP contribution in [0.5, 0.6) is 5.75 Å². The van der Waals surface area contributed by atoms with E-state index in [-0.39, 0.29) is 11.5 Å². The third kappa shape index (κ3) is 2.83. The third-order valence-corrected chi connectivity index (χ3v) is 6.96. The molecule has 0 radical (unpaired) electrons. The van der Waals surface area contributed by atoms with Gasteiger partial charge in [0, 0.05) is 19.7 Å². The number of ether oxygens (including phenoxy) is 1. The lowest BCUT2D eigenvalue weighted by Gasteiger charge is -2.55. The van der Waals surface area contributed by atoms with Crippen molar-refractivity contribution >= 4 is 0 Å². The van der Waals surface area contributed by atoms with E-state index in [1.807, 2.05) is 19.2 Å². The zero-order valence-corrected chi connectivity index (χ0v) is 16.0. The van der Waals surface area contributed by atoms with Gasteiger partial charge in [-0.25, -0.2) is 0 Å². The molecule has 2 aliphatic rings. The molecule has 3 heteroatoms. The molecule has 1 aliphatic carbocycles. The molecule has 0 saturated carbocycles. The van der Waals surface area contributed by atoms with Crippen molar-refractivity contribution in [1.29, 1.82) is 0 Å². The second-order valence-corrected chi connectivity index (χ2v) is 8.20. The van der Waals surface area contributed by atoms with E-state index in [1.165, 1.54) is 16.7 Å². The zero-order chi connectivity index (χ0) is 18.3. The van der Waals surface area contributed by atoms with Gasteiger partial charge in [-0.1, -0.05) is 50.2 Å². The van der Waals surface area contributed by atoms with Gasteiger partial charge in [-0.15, -0.1) is 0 Å². The number of benzene rings is 2. The van der Waals surface area contributed by atoms with Crippen LogP contribution in [0.2, 0.25) is 0 Å². The van der Waals surface area contributed by atoms with Crippen molar-refractivity contribution in [3.05, 3.63) is 65.2 Å². The lowest BCUT2D eigenvalue weighted by Crippen LogP contribution is -2.58. The topological polar surface area (TPSA) is 32.7 Å². The molecular weight excluding hydrogens is 322 g/mol. The normalized spacial score (nSPS) is 29.2. The molecule has 1 saturated heterocycles. The number of likely N-dealkylation sites (tertiary alicyclic amines) is 1. The Labute approximate surface area is 156 Å². The van der Waals surface area contributed by atoms with Gasteiger partial charge in [-0.2, -0.15) is 0 Å². The maximum Gasteiger partial charge on any atom is 0.115 e. The van der Waals surface area contributed by atoms with Gasteiger partial charge in [0.1, 0.15) is 5.75 Å². The number of hydrogen-bond acceptors (Lipinski definition) is 3. The Hall–Kier alpha value is -1.84. The van der Waals surface area contributed by atoms with E-state index < -0.39 is 0 Å². The highest BCUT2D eigenvalue weighted by molar-refractivity contribution is 5.44. The quantitative estimate of drug-likeness (QED) is 0.891. The minimum atomic E-state index is 0.106. The van der Waals surface area contributed by atoms with Crippen LogP contribution in [-0.2, 0) is 16.6 Å². The average Bonchev–Trinajstić information content (AvgIpc) is 2.65. The largest absolute Gasteiger partial charge is 0.508 e. The molecule has 1 fully saturated rings. The summed E-state index contributed by atoms with van der Waals surface area (Å²) in [7, 11) is 1.81. The molecule has 3 nitrogen and oxygen atoms in total. The van der Waals surface area contributed by atoms with Gasteiger partial charge >= 0.3 is 0 Å². The Bertz CT molecular complexity index is 775. The van der Waals surface area contributed by atoms with Gasteiger partial charge in [-0.3, -0.25) is 4.90 Å². The molecule has 1 aliphatic heterocycles. The predicted octanol–water partition coefficient (Wildman–Crippen LogP) is 4.30. The fourth-order valence-corrected chi connectivity index (χ4v) is 5.12. The third-order valence-electron chi connectivity index (χ3n) is 6.96. The van der Waals surface area contributed by atoms with Gasteiger partial charge < -0.3 is 9.84 Å². The second-order valence-electron chi connectivity index (χ2n) is 8.20. The molecule has 0 aromatic heterocycles. The number of fused-ring (bicyclic) bond motifs is 4. The molecule has 2 aromatic rings. The van der Waals surface area contributed by atoms with Crippen molar-refractivity contribution < 1.29 is 9.84 Å². The number of aromatic hydroxyl groups is 1. The van der Waals surface area contributed by atoms with Crippen molar-refractivity contribution in [3.8, 4) is 5.75 Å². The van der Waals surface area contributed by atoms with E-state index >= 15 is 0 Å². The Morgan fingerprint density at radius 3 is 2.73 bits per heavy atom. The van der Waals surface area contributed by atoms with Gasteiger partial charge in [-0.05, 0) is 59.5 Å². The maximum absolute atomic E-state index is 9.99. The Kier molecular flexibility index (Phi) is 4.54. The highest BCUT2D eigenvalue weighted by Crippen LogP contribution is 2.49. The Balaban J connectivity index is 1.61. The van der Waals surface area contributed by atoms with Crippen LogP contribution in [-0.4, -0.2) is 36.2 Å². The van der Waals surface area contributed by atoms with Crippen molar-refractivity contribution in [2.45, 2.75) is 44.2 Å². The fraction of sp³-hybridized carbons (Fsp3) is 0.478. The molecule has 0 spiro atoms. The molecule has 0 amide bonds. The SMILES string of the molecule is CO[C@H](CN1CC[C@@]2(C)c3cc(O)ccc3C[C@@H]1[C@@H]2C)c1ccccc1. The first-order chi connectivity index (χ1) is 12.5. The standard InChI is InChI=1S/C23H29NO2/c1-16-21-13-18-9-10-19(25)14-20(18)23(16,2)11-12-24(21)15-22(26-3)17-7-5-4-6-8-17/h4-10,14,16,21-22,25H,11-13,15H2,1-3H3/t16-,21+,22+,23+/m0/s1. The molecule has 2 bridgehead atoms. The number of rotatable bonds is 4. The lowest BCUT2D eigenvalue weighted by molar-refractivity contribution is -0.0123. The number of methoxy groups -OCH3 is 1. The maximum atomic E-state index is 9.99. The van der Waals surface area contributed by atoms with Crippen molar-refractivity contribution in [2.75, 3.05) is 20.2 Å².